The lowest BCUT2D eigenvalue weighted by Crippen LogP contribution is -2.22. The summed E-state index contributed by atoms with van der Waals surface area (Å²) in [6, 6.07) is 8.75. The average Bonchev–Trinajstić information content (AvgIpc) is 3.12. The number of imidazole rings is 1. The van der Waals surface area contributed by atoms with Crippen molar-refractivity contribution < 1.29 is 10.2 Å². The molecule has 1 heterocycles. The zero-order chi connectivity index (χ0) is 16.9. The number of nitrogens with zero attached hydrogens (tertiary/aromatic N) is 3. The molecule has 2 atom stereocenters. The Labute approximate surface area is 143 Å². The summed E-state index contributed by atoms with van der Waals surface area (Å²) in [5.41, 5.74) is 2.19. The number of hydrogen-bond donors (Lipinski definition) is 2. The highest BCUT2D eigenvalue weighted by Gasteiger charge is 2.24. The van der Waals surface area contributed by atoms with E-state index in [1.165, 1.54) is 6.42 Å². The van der Waals surface area contributed by atoms with Gasteiger partial charge in [-0.25, -0.2) is 4.98 Å². The Morgan fingerprint density at radius 2 is 2.00 bits per heavy atom. The van der Waals surface area contributed by atoms with Crippen LogP contribution in [-0.2, 0) is 0 Å². The Morgan fingerprint density at radius 3 is 2.71 bits per heavy atom. The van der Waals surface area contributed by atoms with Crippen LogP contribution >= 0.6 is 0 Å². The van der Waals surface area contributed by atoms with Crippen molar-refractivity contribution in [2.75, 3.05) is 31.7 Å². The molecule has 5 nitrogen and oxygen atoms in total. The maximum Gasteiger partial charge on any atom is 0.140 e. The molecule has 24 heavy (non-hydrogen) atoms. The van der Waals surface area contributed by atoms with Gasteiger partial charge in [0.15, 0.2) is 0 Å². The van der Waals surface area contributed by atoms with Gasteiger partial charge in [-0.2, -0.15) is 0 Å². The summed E-state index contributed by atoms with van der Waals surface area (Å²) < 4.78 is 2.27. The van der Waals surface area contributed by atoms with Crippen LogP contribution in [0.1, 0.15) is 31.7 Å². The lowest BCUT2D eigenvalue weighted by Gasteiger charge is -2.30. The van der Waals surface area contributed by atoms with Crippen molar-refractivity contribution in [2.24, 2.45) is 5.92 Å². The van der Waals surface area contributed by atoms with Crippen LogP contribution in [0.5, 0.6) is 0 Å². The molecule has 1 fully saturated rings. The summed E-state index contributed by atoms with van der Waals surface area (Å²) in [5, 5.41) is 18.5. The minimum absolute atomic E-state index is 0.149. The number of likely N-dealkylation sites (N-methyl/N-ethyl adjacent to an activating group) is 1. The quantitative estimate of drug-likeness (QED) is 0.855. The average molecular weight is 329 g/mol. The fourth-order valence-electron chi connectivity index (χ4n) is 3.66. The minimum atomic E-state index is 0.149. The van der Waals surface area contributed by atoms with Gasteiger partial charge in [0.25, 0.3) is 0 Å². The van der Waals surface area contributed by atoms with Crippen LogP contribution in [0.25, 0.3) is 11.4 Å². The molecule has 2 N–H and O–H groups in total. The number of aliphatic hydroxyl groups excluding tert-OH is 2. The third kappa shape index (κ3) is 3.62. The second-order valence-corrected chi connectivity index (χ2v) is 6.72. The predicted molar refractivity (Wildman–Crippen MR) is 96.1 cm³/mol. The fourth-order valence-corrected chi connectivity index (χ4v) is 3.66. The largest absolute Gasteiger partial charge is 0.396 e. The van der Waals surface area contributed by atoms with Crippen LogP contribution in [0.15, 0.2) is 36.7 Å². The van der Waals surface area contributed by atoms with Crippen molar-refractivity contribution in [1.82, 2.24) is 9.55 Å². The van der Waals surface area contributed by atoms with Crippen LogP contribution in [-0.4, -0.2) is 46.6 Å². The first-order valence-electron chi connectivity index (χ1n) is 8.79. The molecule has 0 bridgehead atoms. The molecule has 1 aromatic heterocycles. The summed E-state index contributed by atoms with van der Waals surface area (Å²) in [6.07, 6.45) is 8.39. The molecule has 0 aliphatic heterocycles. The second kappa shape index (κ2) is 7.81. The van der Waals surface area contributed by atoms with Crippen LogP contribution in [0.3, 0.4) is 0 Å². The Bertz CT molecular complexity index is 638. The first-order chi connectivity index (χ1) is 11.7. The SMILES string of the molecule is CN(CCO)c1ccc(-c2nccn2[C@@H]2CCC[C@@H](CO)C2)cc1. The molecular weight excluding hydrogens is 302 g/mol. The summed E-state index contributed by atoms with van der Waals surface area (Å²) >= 11 is 0. The highest BCUT2D eigenvalue weighted by molar-refractivity contribution is 5.61. The topological polar surface area (TPSA) is 61.5 Å². The molecule has 0 spiro atoms. The highest BCUT2D eigenvalue weighted by atomic mass is 16.3. The van der Waals surface area contributed by atoms with E-state index in [0.29, 0.717) is 18.5 Å². The van der Waals surface area contributed by atoms with Crippen LogP contribution in [0.4, 0.5) is 5.69 Å². The number of hydrogen-bond acceptors (Lipinski definition) is 4. The number of aliphatic hydroxyl groups is 2. The summed E-state index contributed by atoms with van der Waals surface area (Å²) in [5.74, 6) is 1.41. The smallest absolute Gasteiger partial charge is 0.140 e. The van der Waals surface area contributed by atoms with Crippen LogP contribution in [0, 0.1) is 5.92 Å². The highest BCUT2D eigenvalue weighted by Crippen LogP contribution is 2.35. The molecule has 1 aliphatic carbocycles. The van der Waals surface area contributed by atoms with Crippen molar-refractivity contribution in [3.8, 4) is 11.4 Å². The van der Waals surface area contributed by atoms with Gasteiger partial charge in [-0.15, -0.1) is 0 Å². The van der Waals surface area contributed by atoms with Gasteiger partial charge in [-0.3, -0.25) is 0 Å². The van der Waals surface area contributed by atoms with E-state index in [2.05, 4.69) is 40.0 Å². The molecule has 1 aromatic carbocycles. The van der Waals surface area contributed by atoms with Crippen LogP contribution in [0.2, 0.25) is 0 Å². The Morgan fingerprint density at radius 1 is 1.21 bits per heavy atom. The number of aromatic nitrogens is 2. The number of anilines is 1. The maximum atomic E-state index is 9.47. The Kier molecular flexibility index (Phi) is 5.53. The zero-order valence-electron chi connectivity index (χ0n) is 14.3. The maximum absolute atomic E-state index is 9.47. The monoisotopic (exact) mass is 329 g/mol. The molecule has 1 aliphatic rings. The van der Waals surface area contributed by atoms with Gasteiger partial charge < -0.3 is 19.7 Å². The van der Waals surface area contributed by atoms with Gasteiger partial charge in [0.1, 0.15) is 5.82 Å². The molecule has 3 rings (SSSR count). The van der Waals surface area contributed by atoms with Crippen molar-refractivity contribution in [1.29, 1.82) is 0 Å². The lowest BCUT2D eigenvalue weighted by atomic mass is 9.86. The molecule has 0 radical (unpaired) electrons. The first-order valence-corrected chi connectivity index (χ1v) is 8.79. The molecule has 130 valence electrons. The first kappa shape index (κ1) is 17.0. The van der Waals surface area contributed by atoms with Crippen molar-refractivity contribution in [3.63, 3.8) is 0 Å². The summed E-state index contributed by atoms with van der Waals surface area (Å²) in [7, 11) is 1.98. The summed E-state index contributed by atoms with van der Waals surface area (Å²) in [6.45, 7) is 1.06. The van der Waals surface area contributed by atoms with Crippen molar-refractivity contribution in [2.45, 2.75) is 31.7 Å². The molecular formula is C19H27N3O2. The van der Waals surface area contributed by atoms with E-state index in [1.54, 1.807) is 0 Å². The van der Waals surface area contributed by atoms with E-state index in [4.69, 9.17) is 5.11 Å². The molecule has 0 unspecified atom stereocenters. The van der Waals surface area contributed by atoms with E-state index in [0.717, 1.165) is 36.3 Å². The Hall–Kier alpha value is -1.85. The van der Waals surface area contributed by atoms with Gasteiger partial charge in [0, 0.05) is 49.9 Å². The van der Waals surface area contributed by atoms with E-state index < -0.39 is 0 Å². The number of rotatable bonds is 6. The zero-order valence-corrected chi connectivity index (χ0v) is 14.3. The van der Waals surface area contributed by atoms with E-state index in [-0.39, 0.29) is 13.2 Å². The van der Waals surface area contributed by atoms with Gasteiger partial charge in [0.2, 0.25) is 0 Å². The third-order valence-electron chi connectivity index (χ3n) is 5.08. The Balaban J connectivity index is 1.79. The standard InChI is InChI=1S/C19H27N3O2/c1-21(11-12-23)17-7-5-16(6-8-17)19-20-9-10-22(19)18-4-2-3-15(13-18)14-24/h5-10,15,18,23-24H,2-4,11-14H2,1H3/t15-,18-/m1/s1. The molecule has 0 amide bonds. The molecule has 5 heteroatoms. The normalized spacial score (nSPS) is 21.0. The van der Waals surface area contributed by atoms with Gasteiger partial charge in [-0.1, -0.05) is 6.42 Å². The minimum Gasteiger partial charge on any atom is -0.396 e. The molecule has 2 aromatic rings. The second-order valence-electron chi connectivity index (χ2n) is 6.72. The van der Waals surface area contributed by atoms with E-state index >= 15 is 0 Å². The third-order valence-corrected chi connectivity index (χ3v) is 5.08. The predicted octanol–water partition coefficient (Wildman–Crippen LogP) is 2.70. The van der Waals surface area contributed by atoms with Crippen molar-refractivity contribution in [3.05, 3.63) is 36.7 Å². The molecule has 1 saturated carbocycles. The van der Waals surface area contributed by atoms with E-state index in [9.17, 15) is 5.11 Å². The number of benzene rings is 1. The van der Waals surface area contributed by atoms with Crippen LogP contribution < -0.4 is 4.90 Å². The van der Waals surface area contributed by atoms with Gasteiger partial charge in [0.05, 0.1) is 6.61 Å². The fraction of sp³-hybridized carbons (Fsp3) is 0.526. The lowest BCUT2D eigenvalue weighted by molar-refractivity contribution is 0.163. The summed E-state index contributed by atoms with van der Waals surface area (Å²) in [4.78, 5) is 6.60. The van der Waals surface area contributed by atoms with Gasteiger partial charge in [-0.05, 0) is 49.4 Å². The van der Waals surface area contributed by atoms with E-state index in [1.807, 2.05) is 18.1 Å². The van der Waals surface area contributed by atoms with Crippen molar-refractivity contribution >= 4 is 5.69 Å². The van der Waals surface area contributed by atoms with Gasteiger partial charge >= 0.3 is 0 Å². The molecule has 0 saturated heterocycles.